The van der Waals surface area contributed by atoms with Crippen molar-refractivity contribution in [2.45, 2.75) is 44.7 Å². The monoisotopic (exact) mass is 359 g/mol. The molecular formula is C19H29N5O2. The van der Waals surface area contributed by atoms with Crippen molar-refractivity contribution in [3.05, 3.63) is 23.3 Å². The number of carbonyl (C=O) groups excluding carboxylic acids is 1. The molecule has 2 fully saturated rings. The topological polar surface area (TPSA) is 70.6 Å². The standard InChI is InChI=1S/C19H29N5O2/c1-14(23-8-10-26-11-9-23)19(25)24-7-4-17-16(13-24)12-21-18(22-17)15-2-5-20-6-3-15/h12,14-15,20H,2-11,13H2,1H3/t14-/m0/s1. The summed E-state index contributed by atoms with van der Waals surface area (Å²) in [4.78, 5) is 26.6. The van der Waals surface area contributed by atoms with E-state index < -0.39 is 0 Å². The number of piperidine rings is 1. The van der Waals surface area contributed by atoms with Crippen LogP contribution in [-0.2, 0) is 22.5 Å². The van der Waals surface area contributed by atoms with Crippen LogP contribution in [0.5, 0.6) is 0 Å². The van der Waals surface area contributed by atoms with Gasteiger partial charge in [-0.05, 0) is 32.9 Å². The molecule has 2 saturated heterocycles. The maximum atomic E-state index is 12.9. The molecule has 0 saturated carbocycles. The number of hydrogen-bond acceptors (Lipinski definition) is 6. The van der Waals surface area contributed by atoms with Crippen molar-refractivity contribution in [1.29, 1.82) is 0 Å². The fraction of sp³-hybridized carbons (Fsp3) is 0.737. The number of hydrogen-bond donors (Lipinski definition) is 1. The SMILES string of the molecule is C[C@@H](C(=O)N1CCc2nc(C3CCNCC3)ncc2C1)N1CCOCC1. The second kappa shape index (κ2) is 7.98. The summed E-state index contributed by atoms with van der Waals surface area (Å²) < 4.78 is 5.40. The molecular weight excluding hydrogens is 330 g/mol. The van der Waals surface area contributed by atoms with Crippen molar-refractivity contribution in [2.75, 3.05) is 45.9 Å². The Kier molecular flexibility index (Phi) is 5.47. The minimum atomic E-state index is -0.0876. The number of carbonyl (C=O) groups is 1. The molecule has 4 rings (SSSR count). The summed E-state index contributed by atoms with van der Waals surface area (Å²) in [5.74, 6) is 1.68. The van der Waals surface area contributed by atoms with Gasteiger partial charge in [0, 0.05) is 50.3 Å². The van der Waals surface area contributed by atoms with E-state index in [1.165, 1.54) is 0 Å². The van der Waals surface area contributed by atoms with Crippen molar-refractivity contribution in [2.24, 2.45) is 0 Å². The number of nitrogens with one attached hydrogen (secondary N) is 1. The molecule has 0 unspecified atom stereocenters. The molecule has 0 aliphatic carbocycles. The first kappa shape index (κ1) is 17.8. The average molecular weight is 359 g/mol. The minimum absolute atomic E-state index is 0.0876. The molecule has 1 atom stereocenters. The smallest absolute Gasteiger partial charge is 0.239 e. The van der Waals surface area contributed by atoms with Gasteiger partial charge in [-0.25, -0.2) is 9.97 Å². The molecule has 4 heterocycles. The van der Waals surface area contributed by atoms with Gasteiger partial charge in [-0.1, -0.05) is 0 Å². The first-order valence-corrected chi connectivity index (χ1v) is 9.88. The predicted molar refractivity (Wildman–Crippen MR) is 97.9 cm³/mol. The van der Waals surface area contributed by atoms with Crippen LogP contribution in [0.3, 0.4) is 0 Å². The molecule has 0 bridgehead atoms. The van der Waals surface area contributed by atoms with E-state index in [-0.39, 0.29) is 11.9 Å². The van der Waals surface area contributed by atoms with Crippen LogP contribution in [0.1, 0.15) is 42.8 Å². The molecule has 1 amide bonds. The van der Waals surface area contributed by atoms with Crippen LogP contribution < -0.4 is 5.32 Å². The van der Waals surface area contributed by atoms with Crippen LogP contribution in [0, 0.1) is 0 Å². The van der Waals surface area contributed by atoms with Gasteiger partial charge in [-0.2, -0.15) is 0 Å². The number of aromatic nitrogens is 2. The van der Waals surface area contributed by atoms with E-state index in [0.717, 1.165) is 69.1 Å². The molecule has 0 spiro atoms. The first-order chi connectivity index (χ1) is 12.7. The zero-order chi connectivity index (χ0) is 17.9. The Labute approximate surface area is 155 Å². The van der Waals surface area contributed by atoms with Gasteiger partial charge in [0.05, 0.1) is 24.9 Å². The highest BCUT2D eigenvalue weighted by Crippen LogP contribution is 2.25. The van der Waals surface area contributed by atoms with Crippen molar-refractivity contribution in [1.82, 2.24) is 25.1 Å². The van der Waals surface area contributed by atoms with Crippen molar-refractivity contribution >= 4 is 5.91 Å². The van der Waals surface area contributed by atoms with Gasteiger partial charge < -0.3 is 15.0 Å². The second-order valence-electron chi connectivity index (χ2n) is 7.56. The molecule has 0 radical (unpaired) electrons. The number of amides is 1. The van der Waals surface area contributed by atoms with Gasteiger partial charge in [-0.3, -0.25) is 9.69 Å². The number of ether oxygens (including phenoxy) is 1. The van der Waals surface area contributed by atoms with Crippen molar-refractivity contribution in [3.8, 4) is 0 Å². The van der Waals surface area contributed by atoms with E-state index in [0.29, 0.717) is 25.7 Å². The normalized spacial score (nSPS) is 23.5. The molecule has 142 valence electrons. The molecule has 0 aromatic carbocycles. The largest absolute Gasteiger partial charge is 0.379 e. The lowest BCUT2D eigenvalue weighted by Crippen LogP contribution is -2.51. The predicted octanol–water partition coefficient (Wildman–Crippen LogP) is 0.549. The highest BCUT2D eigenvalue weighted by molar-refractivity contribution is 5.81. The summed E-state index contributed by atoms with van der Waals surface area (Å²) in [7, 11) is 0. The summed E-state index contributed by atoms with van der Waals surface area (Å²) >= 11 is 0. The van der Waals surface area contributed by atoms with Crippen LogP contribution in [0.15, 0.2) is 6.20 Å². The van der Waals surface area contributed by atoms with E-state index in [2.05, 4.69) is 15.2 Å². The van der Waals surface area contributed by atoms with Gasteiger partial charge >= 0.3 is 0 Å². The highest BCUT2D eigenvalue weighted by Gasteiger charge is 2.30. The van der Waals surface area contributed by atoms with Crippen LogP contribution in [0.2, 0.25) is 0 Å². The maximum Gasteiger partial charge on any atom is 0.239 e. The Morgan fingerprint density at radius 3 is 2.81 bits per heavy atom. The second-order valence-corrected chi connectivity index (χ2v) is 7.56. The van der Waals surface area contributed by atoms with E-state index in [9.17, 15) is 4.79 Å². The van der Waals surface area contributed by atoms with E-state index in [1.807, 2.05) is 18.0 Å². The number of morpholine rings is 1. The molecule has 1 aromatic rings. The molecule has 7 nitrogen and oxygen atoms in total. The number of fused-ring (bicyclic) bond motifs is 1. The molecule has 3 aliphatic rings. The Hall–Kier alpha value is -1.57. The molecule has 3 aliphatic heterocycles. The Bertz CT molecular complexity index is 641. The van der Waals surface area contributed by atoms with Gasteiger partial charge in [0.1, 0.15) is 5.82 Å². The molecule has 1 aromatic heterocycles. The third kappa shape index (κ3) is 3.75. The average Bonchev–Trinajstić information content (AvgIpc) is 2.73. The maximum absolute atomic E-state index is 12.9. The number of nitrogens with zero attached hydrogens (tertiary/aromatic N) is 4. The van der Waals surface area contributed by atoms with Crippen molar-refractivity contribution in [3.63, 3.8) is 0 Å². The minimum Gasteiger partial charge on any atom is -0.379 e. The fourth-order valence-corrected chi connectivity index (χ4v) is 4.18. The fourth-order valence-electron chi connectivity index (χ4n) is 4.18. The third-order valence-corrected chi connectivity index (χ3v) is 5.92. The van der Waals surface area contributed by atoms with E-state index in [4.69, 9.17) is 9.72 Å². The molecule has 1 N–H and O–H groups in total. The zero-order valence-corrected chi connectivity index (χ0v) is 15.6. The Morgan fingerprint density at radius 1 is 1.27 bits per heavy atom. The van der Waals surface area contributed by atoms with Crippen LogP contribution in [0.4, 0.5) is 0 Å². The van der Waals surface area contributed by atoms with Crippen LogP contribution >= 0.6 is 0 Å². The quantitative estimate of drug-likeness (QED) is 0.850. The Morgan fingerprint density at radius 2 is 2.04 bits per heavy atom. The van der Waals surface area contributed by atoms with Crippen LogP contribution in [-0.4, -0.2) is 77.7 Å². The summed E-state index contributed by atoms with van der Waals surface area (Å²) in [6.07, 6.45) is 5.01. The van der Waals surface area contributed by atoms with Crippen LogP contribution in [0.25, 0.3) is 0 Å². The van der Waals surface area contributed by atoms with E-state index >= 15 is 0 Å². The lowest BCUT2D eigenvalue weighted by atomic mass is 9.96. The number of rotatable bonds is 3. The summed E-state index contributed by atoms with van der Waals surface area (Å²) in [5.41, 5.74) is 2.24. The van der Waals surface area contributed by atoms with Crippen molar-refractivity contribution < 1.29 is 9.53 Å². The summed E-state index contributed by atoms with van der Waals surface area (Å²) in [6.45, 7) is 8.60. The molecule has 7 heteroatoms. The third-order valence-electron chi connectivity index (χ3n) is 5.92. The first-order valence-electron chi connectivity index (χ1n) is 9.88. The van der Waals surface area contributed by atoms with E-state index in [1.54, 1.807) is 0 Å². The highest BCUT2D eigenvalue weighted by atomic mass is 16.5. The summed E-state index contributed by atoms with van der Waals surface area (Å²) in [6, 6.07) is -0.0876. The zero-order valence-electron chi connectivity index (χ0n) is 15.6. The van der Waals surface area contributed by atoms with Gasteiger partial charge in [-0.15, -0.1) is 0 Å². The van der Waals surface area contributed by atoms with Gasteiger partial charge in [0.2, 0.25) is 5.91 Å². The molecule has 26 heavy (non-hydrogen) atoms. The van der Waals surface area contributed by atoms with Gasteiger partial charge in [0.15, 0.2) is 0 Å². The Balaban J connectivity index is 1.41. The van der Waals surface area contributed by atoms with Gasteiger partial charge in [0.25, 0.3) is 0 Å². The lowest BCUT2D eigenvalue weighted by Gasteiger charge is -2.36. The summed E-state index contributed by atoms with van der Waals surface area (Å²) in [5, 5.41) is 3.39. The lowest BCUT2D eigenvalue weighted by molar-refractivity contribution is -0.139.